The fourth-order valence-corrected chi connectivity index (χ4v) is 4.17. The van der Waals surface area contributed by atoms with Crippen molar-refractivity contribution < 1.29 is 4.79 Å². The standard InChI is InChI=1S/C16H20BrNO/c1-10(15-9-11-2-3-13(15)8-11)18-16(19)12-4-6-14(17)7-5-12/h4-7,10-11,13,15H,2-3,8-9H2,1H3,(H,18,19). The van der Waals surface area contributed by atoms with Crippen molar-refractivity contribution in [2.75, 3.05) is 0 Å². The molecule has 19 heavy (non-hydrogen) atoms. The van der Waals surface area contributed by atoms with Gasteiger partial charge in [-0.3, -0.25) is 4.79 Å². The van der Waals surface area contributed by atoms with Crippen molar-refractivity contribution >= 4 is 21.8 Å². The monoisotopic (exact) mass is 321 g/mol. The molecule has 0 aliphatic heterocycles. The smallest absolute Gasteiger partial charge is 0.251 e. The van der Waals surface area contributed by atoms with Crippen LogP contribution < -0.4 is 5.32 Å². The molecule has 1 aromatic rings. The van der Waals surface area contributed by atoms with E-state index in [1.165, 1.54) is 25.7 Å². The Labute approximate surface area is 123 Å². The molecule has 0 radical (unpaired) electrons. The molecule has 3 heteroatoms. The molecule has 0 aromatic heterocycles. The summed E-state index contributed by atoms with van der Waals surface area (Å²) in [5.74, 6) is 2.54. The first kappa shape index (κ1) is 13.2. The predicted octanol–water partition coefficient (Wildman–Crippen LogP) is 4.00. The Morgan fingerprint density at radius 2 is 2.00 bits per heavy atom. The molecule has 2 aliphatic rings. The minimum absolute atomic E-state index is 0.0581. The van der Waals surface area contributed by atoms with Crippen LogP contribution in [0.1, 0.15) is 43.0 Å². The molecular weight excluding hydrogens is 302 g/mol. The van der Waals surface area contributed by atoms with Crippen LogP contribution in [0.25, 0.3) is 0 Å². The largest absolute Gasteiger partial charge is 0.349 e. The minimum Gasteiger partial charge on any atom is -0.349 e. The van der Waals surface area contributed by atoms with Crippen LogP contribution in [0.5, 0.6) is 0 Å². The Balaban J connectivity index is 1.61. The molecule has 1 aromatic carbocycles. The number of amides is 1. The molecule has 1 N–H and O–H groups in total. The highest BCUT2D eigenvalue weighted by Gasteiger charge is 2.42. The van der Waals surface area contributed by atoms with Gasteiger partial charge in [-0.05, 0) is 68.2 Å². The normalized spacial score (nSPS) is 30.3. The van der Waals surface area contributed by atoms with Crippen molar-refractivity contribution in [3.05, 3.63) is 34.3 Å². The zero-order valence-electron chi connectivity index (χ0n) is 11.2. The summed E-state index contributed by atoms with van der Waals surface area (Å²) in [5, 5.41) is 3.19. The van der Waals surface area contributed by atoms with E-state index < -0.39 is 0 Å². The molecule has 4 atom stereocenters. The number of halogens is 1. The average Bonchev–Trinajstić information content (AvgIpc) is 3.01. The lowest BCUT2D eigenvalue weighted by Crippen LogP contribution is -2.40. The second-order valence-electron chi connectivity index (χ2n) is 6.11. The molecule has 2 fully saturated rings. The third-order valence-corrected chi connectivity index (χ3v) is 5.43. The summed E-state index contributed by atoms with van der Waals surface area (Å²) in [6, 6.07) is 7.86. The van der Waals surface area contributed by atoms with E-state index in [1.54, 1.807) is 0 Å². The van der Waals surface area contributed by atoms with Crippen LogP contribution in [0.15, 0.2) is 28.7 Å². The zero-order valence-corrected chi connectivity index (χ0v) is 12.8. The van der Waals surface area contributed by atoms with E-state index in [1.807, 2.05) is 24.3 Å². The molecule has 0 spiro atoms. The summed E-state index contributed by atoms with van der Waals surface area (Å²) in [6.45, 7) is 2.17. The Morgan fingerprint density at radius 1 is 1.26 bits per heavy atom. The first-order valence-electron chi connectivity index (χ1n) is 7.20. The Bertz CT molecular complexity index is 470. The summed E-state index contributed by atoms with van der Waals surface area (Å²) in [5.41, 5.74) is 0.748. The maximum atomic E-state index is 12.2. The van der Waals surface area contributed by atoms with Crippen molar-refractivity contribution in [3.63, 3.8) is 0 Å². The summed E-state index contributed by atoms with van der Waals surface area (Å²) in [7, 11) is 0. The van der Waals surface area contributed by atoms with Crippen LogP contribution >= 0.6 is 15.9 Å². The number of hydrogen-bond donors (Lipinski definition) is 1. The lowest BCUT2D eigenvalue weighted by molar-refractivity contribution is 0.0915. The number of nitrogens with one attached hydrogen (secondary N) is 1. The van der Waals surface area contributed by atoms with Crippen molar-refractivity contribution in [2.24, 2.45) is 17.8 Å². The van der Waals surface area contributed by atoms with Gasteiger partial charge in [0.2, 0.25) is 0 Å². The molecule has 2 aliphatic carbocycles. The van der Waals surface area contributed by atoms with Gasteiger partial charge in [-0.25, -0.2) is 0 Å². The van der Waals surface area contributed by atoms with Crippen LogP contribution in [0.2, 0.25) is 0 Å². The van der Waals surface area contributed by atoms with Gasteiger partial charge in [0.15, 0.2) is 0 Å². The second kappa shape index (κ2) is 5.28. The number of carbonyl (C=O) groups is 1. The molecule has 2 nitrogen and oxygen atoms in total. The molecule has 102 valence electrons. The number of benzene rings is 1. The van der Waals surface area contributed by atoms with Crippen molar-refractivity contribution in [2.45, 2.75) is 38.6 Å². The van der Waals surface area contributed by atoms with Gasteiger partial charge in [0, 0.05) is 16.1 Å². The van der Waals surface area contributed by atoms with Crippen LogP contribution in [0.4, 0.5) is 0 Å². The fourth-order valence-electron chi connectivity index (χ4n) is 3.90. The molecule has 0 saturated heterocycles. The highest BCUT2D eigenvalue weighted by molar-refractivity contribution is 9.10. The molecule has 0 heterocycles. The number of fused-ring (bicyclic) bond motifs is 2. The van der Waals surface area contributed by atoms with E-state index in [0.29, 0.717) is 12.0 Å². The average molecular weight is 322 g/mol. The highest BCUT2D eigenvalue weighted by atomic mass is 79.9. The van der Waals surface area contributed by atoms with E-state index in [-0.39, 0.29) is 5.91 Å². The van der Waals surface area contributed by atoms with Crippen LogP contribution in [0, 0.1) is 17.8 Å². The van der Waals surface area contributed by atoms with E-state index in [2.05, 4.69) is 28.2 Å². The SMILES string of the molecule is CC(NC(=O)c1ccc(Br)cc1)C1CC2CCC1C2. The third-order valence-electron chi connectivity index (χ3n) is 4.90. The first-order valence-corrected chi connectivity index (χ1v) is 7.99. The lowest BCUT2D eigenvalue weighted by Gasteiger charge is -2.28. The summed E-state index contributed by atoms with van der Waals surface area (Å²) >= 11 is 3.39. The number of rotatable bonds is 3. The molecule has 2 bridgehead atoms. The predicted molar refractivity (Wildman–Crippen MR) is 80.0 cm³/mol. The molecule has 1 amide bonds. The van der Waals surface area contributed by atoms with Gasteiger partial charge in [-0.2, -0.15) is 0 Å². The fraction of sp³-hybridized carbons (Fsp3) is 0.562. The van der Waals surface area contributed by atoms with Gasteiger partial charge in [0.1, 0.15) is 0 Å². The first-order chi connectivity index (χ1) is 9.13. The van der Waals surface area contributed by atoms with Crippen molar-refractivity contribution in [3.8, 4) is 0 Å². The topological polar surface area (TPSA) is 29.1 Å². The van der Waals surface area contributed by atoms with Gasteiger partial charge in [-0.15, -0.1) is 0 Å². The maximum Gasteiger partial charge on any atom is 0.251 e. The van der Waals surface area contributed by atoms with Gasteiger partial charge < -0.3 is 5.32 Å². The molecule has 3 rings (SSSR count). The van der Waals surface area contributed by atoms with E-state index in [0.717, 1.165) is 21.9 Å². The maximum absolute atomic E-state index is 12.2. The molecule has 4 unspecified atom stereocenters. The van der Waals surface area contributed by atoms with Gasteiger partial charge in [0.25, 0.3) is 5.91 Å². The third kappa shape index (κ3) is 2.71. The van der Waals surface area contributed by atoms with Crippen molar-refractivity contribution in [1.82, 2.24) is 5.32 Å². The van der Waals surface area contributed by atoms with Crippen LogP contribution in [0.3, 0.4) is 0 Å². The Morgan fingerprint density at radius 3 is 2.58 bits per heavy atom. The number of carbonyl (C=O) groups excluding carboxylic acids is 1. The van der Waals surface area contributed by atoms with Crippen LogP contribution in [-0.4, -0.2) is 11.9 Å². The summed E-state index contributed by atoms with van der Waals surface area (Å²) in [4.78, 5) is 12.2. The number of hydrogen-bond acceptors (Lipinski definition) is 1. The van der Waals surface area contributed by atoms with Gasteiger partial charge in [-0.1, -0.05) is 22.4 Å². The quantitative estimate of drug-likeness (QED) is 0.895. The van der Waals surface area contributed by atoms with Crippen molar-refractivity contribution in [1.29, 1.82) is 0 Å². The summed E-state index contributed by atoms with van der Waals surface area (Å²) in [6.07, 6.45) is 5.48. The minimum atomic E-state index is 0.0581. The lowest BCUT2D eigenvalue weighted by atomic mass is 9.84. The highest BCUT2D eigenvalue weighted by Crippen LogP contribution is 2.49. The molecule has 2 saturated carbocycles. The summed E-state index contributed by atoms with van der Waals surface area (Å²) < 4.78 is 1.00. The van der Waals surface area contributed by atoms with Gasteiger partial charge in [0.05, 0.1) is 0 Å². The van der Waals surface area contributed by atoms with Crippen LogP contribution in [-0.2, 0) is 0 Å². The van der Waals surface area contributed by atoms with E-state index in [4.69, 9.17) is 0 Å². The Kier molecular flexibility index (Phi) is 3.66. The van der Waals surface area contributed by atoms with Gasteiger partial charge >= 0.3 is 0 Å². The van der Waals surface area contributed by atoms with E-state index >= 15 is 0 Å². The van der Waals surface area contributed by atoms with E-state index in [9.17, 15) is 4.79 Å². The zero-order chi connectivity index (χ0) is 13.4. The Hall–Kier alpha value is -0.830. The second-order valence-corrected chi connectivity index (χ2v) is 7.02. The molecular formula is C16H20BrNO.